The summed E-state index contributed by atoms with van der Waals surface area (Å²) < 4.78 is 16.3. The van der Waals surface area contributed by atoms with Crippen LogP contribution in [0.2, 0.25) is 0 Å². The van der Waals surface area contributed by atoms with Crippen LogP contribution >= 0.6 is 0 Å². The minimum Gasteiger partial charge on any atom is -0.493 e. The van der Waals surface area contributed by atoms with Crippen molar-refractivity contribution < 1.29 is 28.6 Å². The van der Waals surface area contributed by atoms with Crippen molar-refractivity contribution in [1.29, 1.82) is 0 Å². The Kier molecular flexibility index (Phi) is 6.56. The summed E-state index contributed by atoms with van der Waals surface area (Å²) in [5, 5.41) is 0. The SMILES string of the molecule is CC(C)COc1ccc(C(=O)OCC(=O)N2C[C@@H](C(N)=O)Oc3ccccc32)cc1. The van der Waals surface area contributed by atoms with E-state index in [1.54, 1.807) is 48.5 Å². The Balaban J connectivity index is 1.62. The van der Waals surface area contributed by atoms with Crippen molar-refractivity contribution in [3.8, 4) is 11.5 Å². The van der Waals surface area contributed by atoms with Crippen molar-refractivity contribution >= 4 is 23.5 Å². The van der Waals surface area contributed by atoms with Crippen LogP contribution in [-0.2, 0) is 14.3 Å². The van der Waals surface area contributed by atoms with Gasteiger partial charge < -0.3 is 24.8 Å². The van der Waals surface area contributed by atoms with Gasteiger partial charge >= 0.3 is 5.97 Å². The highest BCUT2D eigenvalue weighted by atomic mass is 16.5. The largest absolute Gasteiger partial charge is 0.493 e. The average molecular weight is 412 g/mol. The van der Waals surface area contributed by atoms with E-state index in [-0.39, 0.29) is 6.54 Å². The molecule has 2 N–H and O–H groups in total. The fourth-order valence-electron chi connectivity index (χ4n) is 2.86. The first kappa shape index (κ1) is 21.2. The minimum absolute atomic E-state index is 0.0510. The molecule has 1 heterocycles. The summed E-state index contributed by atoms with van der Waals surface area (Å²) in [4.78, 5) is 37.9. The lowest BCUT2D eigenvalue weighted by molar-refractivity contribution is -0.126. The van der Waals surface area contributed by atoms with Gasteiger partial charge in [0, 0.05) is 0 Å². The highest BCUT2D eigenvalue weighted by Crippen LogP contribution is 2.33. The van der Waals surface area contributed by atoms with Crippen LogP contribution in [0.15, 0.2) is 48.5 Å². The molecule has 2 aromatic carbocycles. The third-order valence-electron chi connectivity index (χ3n) is 4.39. The maximum absolute atomic E-state index is 12.7. The Morgan fingerprint density at radius 1 is 1.13 bits per heavy atom. The average Bonchev–Trinajstić information content (AvgIpc) is 2.75. The smallest absolute Gasteiger partial charge is 0.338 e. The van der Waals surface area contributed by atoms with Gasteiger partial charge in [0.2, 0.25) is 0 Å². The van der Waals surface area contributed by atoms with Crippen molar-refractivity contribution in [2.24, 2.45) is 11.7 Å². The van der Waals surface area contributed by atoms with E-state index in [0.717, 1.165) is 0 Å². The molecule has 0 saturated carbocycles. The molecule has 0 aliphatic carbocycles. The standard InChI is InChI=1S/C22H24N2O6/c1-14(2)12-28-16-9-7-15(8-10-16)22(27)29-13-20(25)24-11-19(21(23)26)30-18-6-4-3-5-17(18)24/h3-10,14,19H,11-13H2,1-2H3,(H2,23,26)/t19-/m0/s1. The van der Waals surface area contributed by atoms with Crippen LogP contribution in [0.25, 0.3) is 0 Å². The topological polar surface area (TPSA) is 108 Å². The predicted molar refractivity (Wildman–Crippen MR) is 109 cm³/mol. The molecule has 0 aromatic heterocycles. The molecule has 0 radical (unpaired) electrons. The van der Waals surface area contributed by atoms with Gasteiger partial charge in [-0.3, -0.25) is 9.59 Å². The molecular formula is C22H24N2O6. The number of hydrogen-bond donors (Lipinski definition) is 1. The highest BCUT2D eigenvalue weighted by molar-refractivity contribution is 5.99. The van der Waals surface area contributed by atoms with Crippen molar-refractivity contribution in [3.63, 3.8) is 0 Å². The van der Waals surface area contributed by atoms with E-state index in [2.05, 4.69) is 0 Å². The number of carbonyl (C=O) groups excluding carboxylic acids is 3. The summed E-state index contributed by atoms with van der Waals surface area (Å²) in [6.07, 6.45) is -0.974. The van der Waals surface area contributed by atoms with E-state index in [1.165, 1.54) is 4.90 Å². The monoisotopic (exact) mass is 412 g/mol. The van der Waals surface area contributed by atoms with Crippen LogP contribution < -0.4 is 20.1 Å². The molecule has 1 aliphatic rings. The van der Waals surface area contributed by atoms with Crippen molar-refractivity contribution in [3.05, 3.63) is 54.1 Å². The van der Waals surface area contributed by atoms with E-state index in [1.807, 2.05) is 13.8 Å². The molecule has 0 saturated heterocycles. The molecule has 1 atom stereocenters. The lowest BCUT2D eigenvalue weighted by Gasteiger charge is -2.33. The van der Waals surface area contributed by atoms with Crippen LogP contribution in [0.4, 0.5) is 5.69 Å². The zero-order valence-electron chi connectivity index (χ0n) is 16.9. The second-order valence-corrected chi connectivity index (χ2v) is 7.29. The zero-order chi connectivity index (χ0) is 21.7. The van der Waals surface area contributed by atoms with Gasteiger partial charge in [0.25, 0.3) is 11.8 Å². The fourth-order valence-corrected chi connectivity index (χ4v) is 2.86. The molecule has 8 heteroatoms. The van der Waals surface area contributed by atoms with Gasteiger partial charge in [-0.25, -0.2) is 4.79 Å². The number of hydrogen-bond acceptors (Lipinski definition) is 6. The van der Waals surface area contributed by atoms with Crippen molar-refractivity contribution in [2.75, 3.05) is 24.7 Å². The molecular weight excluding hydrogens is 388 g/mol. The molecule has 0 bridgehead atoms. The summed E-state index contributed by atoms with van der Waals surface area (Å²) >= 11 is 0. The van der Waals surface area contributed by atoms with E-state index in [9.17, 15) is 14.4 Å². The van der Waals surface area contributed by atoms with Gasteiger partial charge in [-0.15, -0.1) is 0 Å². The van der Waals surface area contributed by atoms with Gasteiger partial charge in [-0.05, 0) is 42.3 Å². The first-order valence-electron chi connectivity index (χ1n) is 9.60. The van der Waals surface area contributed by atoms with E-state index in [4.69, 9.17) is 19.9 Å². The zero-order valence-corrected chi connectivity index (χ0v) is 16.9. The van der Waals surface area contributed by atoms with Gasteiger partial charge in [-0.1, -0.05) is 26.0 Å². The molecule has 8 nitrogen and oxygen atoms in total. The van der Waals surface area contributed by atoms with Gasteiger partial charge in [0.1, 0.15) is 11.5 Å². The Bertz CT molecular complexity index is 925. The summed E-state index contributed by atoms with van der Waals surface area (Å²) in [5.74, 6) is -0.392. The fraction of sp³-hybridized carbons (Fsp3) is 0.318. The molecule has 3 rings (SSSR count). The van der Waals surface area contributed by atoms with Gasteiger partial charge in [-0.2, -0.15) is 0 Å². The maximum Gasteiger partial charge on any atom is 0.338 e. The maximum atomic E-state index is 12.7. The number of para-hydroxylation sites is 2. The predicted octanol–water partition coefficient (Wildman–Crippen LogP) is 2.16. The number of ether oxygens (including phenoxy) is 3. The normalized spacial score (nSPS) is 15.2. The number of esters is 1. The second kappa shape index (κ2) is 9.30. The Hall–Kier alpha value is -3.55. The summed E-state index contributed by atoms with van der Waals surface area (Å²) in [6.45, 7) is 4.13. The van der Waals surface area contributed by atoms with Crippen LogP contribution in [0, 0.1) is 5.92 Å². The van der Waals surface area contributed by atoms with E-state index in [0.29, 0.717) is 35.3 Å². The number of fused-ring (bicyclic) bond motifs is 1. The number of nitrogens with two attached hydrogens (primary N) is 1. The second-order valence-electron chi connectivity index (χ2n) is 7.29. The summed E-state index contributed by atoms with van der Waals surface area (Å²) in [6, 6.07) is 13.3. The molecule has 0 unspecified atom stereocenters. The van der Waals surface area contributed by atoms with Gasteiger partial charge in [0.15, 0.2) is 12.7 Å². The number of nitrogens with zero attached hydrogens (tertiary/aromatic N) is 1. The van der Waals surface area contributed by atoms with E-state index < -0.39 is 30.5 Å². The number of benzene rings is 2. The van der Waals surface area contributed by atoms with Crippen LogP contribution in [0.3, 0.4) is 0 Å². The molecule has 30 heavy (non-hydrogen) atoms. The Morgan fingerprint density at radius 3 is 2.50 bits per heavy atom. The number of carbonyl (C=O) groups is 3. The lowest BCUT2D eigenvalue weighted by atomic mass is 10.2. The van der Waals surface area contributed by atoms with Crippen LogP contribution in [-0.4, -0.2) is 43.6 Å². The molecule has 158 valence electrons. The number of amides is 2. The number of anilines is 1. The number of primary amides is 1. The van der Waals surface area contributed by atoms with Crippen molar-refractivity contribution in [2.45, 2.75) is 20.0 Å². The summed E-state index contributed by atoms with van der Waals surface area (Å²) in [7, 11) is 0. The molecule has 0 spiro atoms. The van der Waals surface area contributed by atoms with Gasteiger partial charge in [0.05, 0.1) is 24.4 Å². The number of rotatable bonds is 7. The molecule has 2 aromatic rings. The highest BCUT2D eigenvalue weighted by Gasteiger charge is 2.33. The Morgan fingerprint density at radius 2 is 1.83 bits per heavy atom. The van der Waals surface area contributed by atoms with Crippen molar-refractivity contribution in [1.82, 2.24) is 0 Å². The minimum atomic E-state index is -0.974. The van der Waals surface area contributed by atoms with E-state index >= 15 is 0 Å². The van der Waals surface area contributed by atoms with Crippen LogP contribution in [0.5, 0.6) is 11.5 Å². The third-order valence-corrected chi connectivity index (χ3v) is 4.39. The molecule has 1 aliphatic heterocycles. The molecule has 2 amide bonds. The first-order valence-corrected chi connectivity index (χ1v) is 9.60. The first-order chi connectivity index (χ1) is 14.3. The lowest BCUT2D eigenvalue weighted by Crippen LogP contribution is -2.50. The Labute approximate surface area is 174 Å². The van der Waals surface area contributed by atoms with Crippen LogP contribution in [0.1, 0.15) is 24.2 Å². The third kappa shape index (κ3) is 5.08. The molecule has 0 fully saturated rings. The summed E-state index contributed by atoms with van der Waals surface area (Å²) in [5.41, 5.74) is 6.13. The quantitative estimate of drug-likeness (QED) is 0.698.